The summed E-state index contributed by atoms with van der Waals surface area (Å²) in [6.45, 7) is 3.13. The van der Waals surface area contributed by atoms with Gasteiger partial charge < -0.3 is 15.2 Å². The number of amides is 1. The fourth-order valence-electron chi connectivity index (χ4n) is 1.82. The Morgan fingerprint density at radius 2 is 1.90 bits per heavy atom. The van der Waals surface area contributed by atoms with Crippen LogP contribution in [0.2, 0.25) is 0 Å². The molecule has 1 rings (SSSR count). The number of unbranched alkanes of at least 4 members (excludes halogenated alkanes) is 3. The van der Waals surface area contributed by atoms with E-state index in [1.807, 2.05) is 30.3 Å². The van der Waals surface area contributed by atoms with Crippen LogP contribution < -0.4 is 5.32 Å². The van der Waals surface area contributed by atoms with Crippen molar-refractivity contribution >= 4 is 5.91 Å². The van der Waals surface area contributed by atoms with Gasteiger partial charge in [0, 0.05) is 13.2 Å². The first kappa shape index (κ1) is 16.7. The molecule has 4 heteroatoms. The SMILES string of the molecule is CC(OCc1ccccc1)C(=O)NCCCCCCO. The molecule has 0 aliphatic rings. The van der Waals surface area contributed by atoms with E-state index >= 15 is 0 Å². The molecule has 1 aromatic carbocycles. The van der Waals surface area contributed by atoms with Gasteiger partial charge in [-0.1, -0.05) is 43.2 Å². The Hall–Kier alpha value is -1.39. The predicted octanol–water partition coefficient (Wildman–Crippen LogP) is 2.26. The van der Waals surface area contributed by atoms with Crippen LogP contribution >= 0.6 is 0 Å². The largest absolute Gasteiger partial charge is 0.396 e. The summed E-state index contributed by atoms with van der Waals surface area (Å²) < 4.78 is 5.54. The van der Waals surface area contributed by atoms with Gasteiger partial charge in [0.05, 0.1) is 6.61 Å². The Bertz CT molecular complexity index is 367. The fraction of sp³-hybridized carbons (Fsp3) is 0.562. The minimum absolute atomic E-state index is 0.0666. The fourth-order valence-corrected chi connectivity index (χ4v) is 1.82. The van der Waals surface area contributed by atoms with Crippen molar-refractivity contribution in [2.24, 2.45) is 0 Å². The van der Waals surface area contributed by atoms with Crippen molar-refractivity contribution in [3.63, 3.8) is 0 Å². The van der Waals surface area contributed by atoms with E-state index in [0.717, 1.165) is 31.2 Å². The molecule has 1 amide bonds. The number of aliphatic hydroxyl groups excluding tert-OH is 1. The third-order valence-corrected chi connectivity index (χ3v) is 3.10. The number of aliphatic hydroxyl groups is 1. The third kappa shape index (κ3) is 7.26. The highest BCUT2D eigenvalue weighted by atomic mass is 16.5. The van der Waals surface area contributed by atoms with E-state index in [2.05, 4.69) is 5.32 Å². The lowest BCUT2D eigenvalue weighted by atomic mass is 10.2. The molecule has 0 bridgehead atoms. The van der Waals surface area contributed by atoms with E-state index in [1.165, 1.54) is 0 Å². The van der Waals surface area contributed by atoms with Crippen LogP contribution in [0.3, 0.4) is 0 Å². The van der Waals surface area contributed by atoms with Gasteiger partial charge in [-0.2, -0.15) is 0 Å². The first-order valence-electron chi connectivity index (χ1n) is 7.28. The number of carbonyl (C=O) groups excluding carboxylic acids is 1. The first-order chi connectivity index (χ1) is 9.74. The van der Waals surface area contributed by atoms with Crippen molar-refractivity contribution in [1.82, 2.24) is 5.32 Å². The van der Waals surface area contributed by atoms with Crippen LogP contribution in [0.4, 0.5) is 0 Å². The molecule has 0 saturated heterocycles. The van der Waals surface area contributed by atoms with Gasteiger partial charge >= 0.3 is 0 Å². The second-order valence-electron chi connectivity index (χ2n) is 4.87. The summed E-state index contributed by atoms with van der Waals surface area (Å²) in [6.07, 6.45) is 3.38. The Kier molecular flexibility index (Phi) is 8.67. The third-order valence-electron chi connectivity index (χ3n) is 3.10. The lowest BCUT2D eigenvalue weighted by Gasteiger charge is -2.13. The monoisotopic (exact) mass is 279 g/mol. The molecule has 0 aliphatic carbocycles. The Morgan fingerprint density at radius 1 is 1.20 bits per heavy atom. The van der Waals surface area contributed by atoms with Crippen LogP contribution in [0, 0.1) is 0 Å². The van der Waals surface area contributed by atoms with E-state index in [4.69, 9.17) is 9.84 Å². The maximum Gasteiger partial charge on any atom is 0.248 e. The van der Waals surface area contributed by atoms with Crippen LogP contribution in [0.5, 0.6) is 0 Å². The van der Waals surface area contributed by atoms with E-state index in [9.17, 15) is 4.79 Å². The van der Waals surface area contributed by atoms with E-state index in [0.29, 0.717) is 13.2 Å². The normalized spacial score (nSPS) is 12.1. The molecule has 2 N–H and O–H groups in total. The maximum atomic E-state index is 11.8. The number of nitrogens with one attached hydrogen (secondary N) is 1. The van der Waals surface area contributed by atoms with Crippen LogP contribution in [0.25, 0.3) is 0 Å². The minimum atomic E-state index is -0.437. The molecule has 4 nitrogen and oxygen atoms in total. The number of hydrogen-bond donors (Lipinski definition) is 2. The molecular weight excluding hydrogens is 254 g/mol. The Morgan fingerprint density at radius 3 is 2.60 bits per heavy atom. The van der Waals surface area contributed by atoms with Gasteiger partial charge in [0.15, 0.2) is 0 Å². The molecule has 20 heavy (non-hydrogen) atoms. The van der Waals surface area contributed by atoms with Crippen LogP contribution in [-0.4, -0.2) is 30.3 Å². The standard InChI is InChI=1S/C16H25NO3/c1-14(20-13-15-9-5-4-6-10-15)16(19)17-11-7-2-3-8-12-18/h4-6,9-10,14,18H,2-3,7-8,11-13H2,1H3,(H,17,19). The highest BCUT2D eigenvalue weighted by molar-refractivity contribution is 5.80. The smallest absolute Gasteiger partial charge is 0.248 e. The molecule has 0 saturated carbocycles. The molecule has 1 atom stereocenters. The van der Waals surface area contributed by atoms with Crippen LogP contribution in [0.1, 0.15) is 38.2 Å². The number of hydrogen-bond acceptors (Lipinski definition) is 3. The summed E-state index contributed by atoms with van der Waals surface area (Å²) in [6, 6.07) is 9.82. The Balaban J connectivity index is 2.10. The summed E-state index contributed by atoms with van der Waals surface area (Å²) in [5, 5.41) is 11.5. The van der Waals surface area contributed by atoms with Crippen molar-refractivity contribution in [1.29, 1.82) is 0 Å². The number of benzene rings is 1. The van der Waals surface area contributed by atoms with Gasteiger partial charge in [-0.3, -0.25) is 4.79 Å². The van der Waals surface area contributed by atoms with Crippen molar-refractivity contribution < 1.29 is 14.6 Å². The molecule has 0 aliphatic heterocycles. The summed E-state index contributed by atoms with van der Waals surface area (Å²) in [5.41, 5.74) is 1.07. The van der Waals surface area contributed by atoms with Crippen LogP contribution in [0.15, 0.2) is 30.3 Å². The zero-order chi connectivity index (χ0) is 14.6. The van der Waals surface area contributed by atoms with Crippen molar-refractivity contribution in [3.05, 3.63) is 35.9 Å². The van der Waals surface area contributed by atoms with E-state index in [-0.39, 0.29) is 12.5 Å². The quantitative estimate of drug-likeness (QED) is 0.646. The second-order valence-corrected chi connectivity index (χ2v) is 4.87. The zero-order valence-corrected chi connectivity index (χ0v) is 12.2. The topological polar surface area (TPSA) is 58.6 Å². The summed E-state index contributed by atoms with van der Waals surface area (Å²) in [5.74, 6) is -0.0666. The van der Waals surface area contributed by atoms with E-state index < -0.39 is 6.10 Å². The number of ether oxygens (including phenoxy) is 1. The zero-order valence-electron chi connectivity index (χ0n) is 12.2. The average Bonchev–Trinajstić information content (AvgIpc) is 2.49. The molecule has 0 aromatic heterocycles. The molecule has 1 unspecified atom stereocenters. The highest BCUT2D eigenvalue weighted by Crippen LogP contribution is 2.03. The predicted molar refractivity (Wildman–Crippen MR) is 79.3 cm³/mol. The number of carbonyl (C=O) groups is 1. The molecular formula is C16H25NO3. The van der Waals surface area contributed by atoms with Crippen molar-refractivity contribution in [2.75, 3.05) is 13.2 Å². The second kappa shape index (κ2) is 10.4. The molecule has 0 spiro atoms. The number of rotatable bonds is 10. The van der Waals surface area contributed by atoms with Gasteiger partial charge in [-0.05, 0) is 25.3 Å². The minimum Gasteiger partial charge on any atom is -0.396 e. The molecule has 112 valence electrons. The van der Waals surface area contributed by atoms with Crippen molar-refractivity contribution in [3.8, 4) is 0 Å². The van der Waals surface area contributed by atoms with E-state index in [1.54, 1.807) is 6.92 Å². The van der Waals surface area contributed by atoms with Gasteiger partial charge in [-0.25, -0.2) is 0 Å². The van der Waals surface area contributed by atoms with Gasteiger partial charge in [0.2, 0.25) is 5.91 Å². The summed E-state index contributed by atoms with van der Waals surface area (Å²) in [4.78, 5) is 11.8. The van der Waals surface area contributed by atoms with Gasteiger partial charge in [0.25, 0.3) is 0 Å². The lowest BCUT2D eigenvalue weighted by molar-refractivity contribution is -0.132. The summed E-state index contributed by atoms with van der Waals surface area (Å²) >= 11 is 0. The molecule has 1 aromatic rings. The highest BCUT2D eigenvalue weighted by Gasteiger charge is 2.12. The molecule has 0 heterocycles. The van der Waals surface area contributed by atoms with Gasteiger partial charge in [0.1, 0.15) is 6.10 Å². The van der Waals surface area contributed by atoms with Gasteiger partial charge in [-0.15, -0.1) is 0 Å². The first-order valence-corrected chi connectivity index (χ1v) is 7.28. The van der Waals surface area contributed by atoms with Crippen LogP contribution in [-0.2, 0) is 16.1 Å². The van der Waals surface area contributed by atoms with Crippen molar-refractivity contribution in [2.45, 2.75) is 45.3 Å². The lowest BCUT2D eigenvalue weighted by Crippen LogP contribution is -2.35. The Labute approximate surface area is 121 Å². The average molecular weight is 279 g/mol. The summed E-state index contributed by atoms with van der Waals surface area (Å²) in [7, 11) is 0. The maximum absolute atomic E-state index is 11.8. The molecule has 0 fully saturated rings. The molecule has 0 radical (unpaired) electrons.